The molecule has 1 saturated heterocycles. The fourth-order valence-corrected chi connectivity index (χ4v) is 4.18. The third kappa shape index (κ3) is 2.81. The Hall–Kier alpha value is -2.30. The van der Waals surface area contributed by atoms with Crippen LogP contribution in [0.2, 0.25) is 0 Å². The van der Waals surface area contributed by atoms with Gasteiger partial charge in [-0.1, -0.05) is 11.9 Å². The second-order valence-electron chi connectivity index (χ2n) is 6.45. The fourth-order valence-electron chi connectivity index (χ4n) is 3.64. The predicted molar refractivity (Wildman–Crippen MR) is 99.8 cm³/mol. The Morgan fingerprint density at radius 2 is 2.24 bits per heavy atom. The van der Waals surface area contributed by atoms with Crippen LogP contribution in [-0.4, -0.2) is 43.4 Å². The molecule has 0 aliphatic carbocycles. The molecule has 4 rings (SSSR count). The van der Waals surface area contributed by atoms with Crippen LogP contribution in [0.25, 0.3) is 22.2 Å². The Morgan fingerprint density at radius 3 is 3.00 bits per heavy atom. The van der Waals surface area contributed by atoms with Gasteiger partial charge >= 0.3 is 0 Å². The smallest absolute Gasteiger partial charge is 0.137 e. The molecule has 0 saturated carbocycles. The number of pyridine rings is 1. The maximum atomic E-state index is 9.38. The van der Waals surface area contributed by atoms with Crippen LogP contribution < -0.4 is 0 Å². The van der Waals surface area contributed by atoms with E-state index in [2.05, 4.69) is 44.0 Å². The van der Waals surface area contributed by atoms with Crippen LogP contribution in [0.1, 0.15) is 19.3 Å². The summed E-state index contributed by atoms with van der Waals surface area (Å²) in [5.41, 5.74) is 2.83. The van der Waals surface area contributed by atoms with E-state index in [1.165, 1.54) is 0 Å². The largest absolute Gasteiger partial charge is 0.346 e. The van der Waals surface area contributed by atoms with Crippen molar-refractivity contribution < 1.29 is 0 Å². The van der Waals surface area contributed by atoms with E-state index in [9.17, 15) is 5.26 Å². The van der Waals surface area contributed by atoms with Crippen LogP contribution in [-0.2, 0) is 5.54 Å². The molecule has 1 aliphatic heterocycles. The molecule has 25 heavy (non-hydrogen) atoms. The molecule has 0 amide bonds. The van der Waals surface area contributed by atoms with Crippen molar-refractivity contribution in [3.63, 3.8) is 0 Å². The molecule has 0 aromatic carbocycles. The Balaban J connectivity index is 1.69. The molecule has 3 aromatic heterocycles. The van der Waals surface area contributed by atoms with Gasteiger partial charge in [-0.2, -0.15) is 10.4 Å². The van der Waals surface area contributed by atoms with Gasteiger partial charge in [0.2, 0.25) is 0 Å². The van der Waals surface area contributed by atoms with Crippen molar-refractivity contribution in [2.75, 3.05) is 19.3 Å². The zero-order chi connectivity index (χ0) is 17.3. The number of nitriles is 1. The lowest BCUT2D eigenvalue weighted by Crippen LogP contribution is -2.44. The summed E-state index contributed by atoms with van der Waals surface area (Å²) in [6.45, 7) is 1.96. The van der Waals surface area contributed by atoms with E-state index in [-0.39, 0.29) is 5.54 Å². The molecule has 3 aromatic rings. The van der Waals surface area contributed by atoms with Crippen molar-refractivity contribution in [3.05, 3.63) is 36.9 Å². The maximum absolute atomic E-state index is 9.38. The van der Waals surface area contributed by atoms with E-state index in [1.807, 2.05) is 23.1 Å². The molecule has 6 nitrogen and oxygen atoms in total. The highest BCUT2D eigenvalue weighted by atomic mass is 32.2. The second kappa shape index (κ2) is 6.54. The summed E-state index contributed by atoms with van der Waals surface area (Å²) in [6.07, 6.45) is 12.2. The van der Waals surface area contributed by atoms with Gasteiger partial charge in [0.1, 0.15) is 5.65 Å². The minimum atomic E-state index is -0.205. The molecule has 1 aliphatic rings. The lowest BCUT2D eigenvalue weighted by Gasteiger charge is -2.39. The second-order valence-corrected chi connectivity index (χ2v) is 7.33. The van der Waals surface area contributed by atoms with E-state index in [4.69, 9.17) is 0 Å². The minimum absolute atomic E-state index is 0.205. The summed E-state index contributed by atoms with van der Waals surface area (Å²) in [5.74, 6) is 0. The van der Waals surface area contributed by atoms with E-state index in [0.717, 1.165) is 48.1 Å². The van der Waals surface area contributed by atoms with Crippen molar-refractivity contribution in [1.29, 1.82) is 5.26 Å². The van der Waals surface area contributed by atoms with Crippen LogP contribution in [0, 0.1) is 11.3 Å². The number of aromatic nitrogens is 4. The summed E-state index contributed by atoms with van der Waals surface area (Å²) >= 11 is 1.77. The third-order valence-corrected chi connectivity index (χ3v) is 6.03. The Bertz CT molecular complexity index is 913. The zero-order valence-corrected chi connectivity index (χ0v) is 15.0. The normalized spacial score (nSPS) is 17.6. The first-order chi connectivity index (χ1) is 12.3. The first kappa shape index (κ1) is 16.2. The van der Waals surface area contributed by atoms with Crippen molar-refractivity contribution in [1.82, 2.24) is 24.1 Å². The molecule has 1 fully saturated rings. The maximum Gasteiger partial charge on any atom is 0.137 e. The monoisotopic (exact) mass is 352 g/mol. The Morgan fingerprint density at radius 1 is 1.40 bits per heavy atom. The highest BCUT2D eigenvalue weighted by Gasteiger charge is 2.37. The van der Waals surface area contributed by atoms with E-state index < -0.39 is 0 Å². The molecule has 0 atom stereocenters. The number of H-pyrrole nitrogens is 1. The number of hydrogen-bond acceptors (Lipinski definition) is 5. The van der Waals surface area contributed by atoms with E-state index in [1.54, 1.807) is 18.1 Å². The van der Waals surface area contributed by atoms with Crippen LogP contribution in [0.15, 0.2) is 36.9 Å². The number of nitrogens with one attached hydrogen (secondary N) is 1. The standard InChI is InChI=1S/C18H20N6S/c1-25-23-9-5-18(4-7-19,6-10-23)24-13-14(11-22-24)16-12-21-17-15(16)3-2-8-20-17/h2-3,8,11-13H,4-6,9-10H2,1H3,(H,20,21). The number of hydrogen-bond donors (Lipinski definition) is 1. The molecular formula is C18H20N6S. The summed E-state index contributed by atoms with van der Waals surface area (Å²) in [5, 5.41) is 15.1. The average Bonchev–Trinajstić information content (AvgIpc) is 3.29. The fraction of sp³-hybridized carbons (Fsp3) is 0.389. The van der Waals surface area contributed by atoms with Crippen molar-refractivity contribution in [2.24, 2.45) is 0 Å². The van der Waals surface area contributed by atoms with Gasteiger partial charge < -0.3 is 4.98 Å². The molecule has 4 heterocycles. The molecule has 7 heteroatoms. The van der Waals surface area contributed by atoms with Crippen molar-refractivity contribution in [2.45, 2.75) is 24.8 Å². The SMILES string of the molecule is CSN1CCC(CC#N)(n2cc(-c3c[nH]c4ncccc34)cn2)CC1. The van der Waals surface area contributed by atoms with E-state index >= 15 is 0 Å². The number of aromatic amines is 1. The van der Waals surface area contributed by atoms with Crippen LogP contribution >= 0.6 is 11.9 Å². The van der Waals surface area contributed by atoms with Crippen molar-refractivity contribution in [3.8, 4) is 17.2 Å². The van der Waals surface area contributed by atoms with Gasteiger partial charge in [0.25, 0.3) is 0 Å². The number of fused-ring (bicyclic) bond motifs is 1. The predicted octanol–water partition coefficient (Wildman–Crippen LogP) is 3.41. The zero-order valence-electron chi connectivity index (χ0n) is 14.1. The average molecular weight is 352 g/mol. The first-order valence-electron chi connectivity index (χ1n) is 8.39. The lowest BCUT2D eigenvalue weighted by molar-refractivity contribution is 0.154. The highest BCUT2D eigenvalue weighted by molar-refractivity contribution is 7.96. The quantitative estimate of drug-likeness (QED) is 0.729. The minimum Gasteiger partial charge on any atom is -0.346 e. The third-order valence-electron chi connectivity index (χ3n) is 5.15. The van der Waals surface area contributed by atoms with Crippen LogP contribution in [0.3, 0.4) is 0 Å². The van der Waals surface area contributed by atoms with Gasteiger partial charge in [0.05, 0.1) is 24.2 Å². The van der Waals surface area contributed by atoms with E-state index in [0.29, 0.717) is 6.42 Å². The molecule has 0 spiro atoms. The molecule has 1 N–H and O–H groups in total. The topological polar surface area (TPSA) is 73.5 Å². The number of piperidine rings is 1. The Labute approximate surface area is 151 Å². The highest BCUT2D eigenvalue weighted by Crippen LogP contribution is 2.36. The van der Waals surface area contributed by atoms with Gasteiger partial charge in [-0.3, -0.25) is 8.99 Å². The van der Waals surface area contributed by atoms with Crippen molar-refractivity contribution >= 4 is 23.0 Å². The first-order valence-corrected chi connectivity index (χ1v) is 9.57. The molecule has 128 valence electrons. The molecule has 0 bridgehead atoms. The van der Waals surface area contributed by atoms with Crippen LogP contribution in [0.4, 0.5) is 0 Å². The van der Waals surface area contributed by atoms with Gasteiger partial charge in [0.15, 0.2) is 0 Å². The molecule has 0 radical (unpaired) electrons. The number of rotatable bonds is 4. The summed E-state index contributed by atoms with van der Waals surface area (Å²) in [6, 6.07) is 6.39. The lowest BCUT2D eigenvalue weighted by atomic mass is 9.85. The summed E-state index contributed by atoms with van der Waals surface area (Å²) < 4.78 is 4.38. The molecular weight excluding hydrogens is 332 g/mol. The Kier molecular flexibility index (Phi) is 4.24. The molecule has 0 unspecified atom stereocenters. The van der Waals surface area contributed by atoms with Gasteiger partial charge in [0, 0.05) is 48.2 Å². The number of nitrogens with zero attached hydrogens (tertiary/aromatic N) is 5. The van der Waals surface area contributed by atoms with Gasteiger partial charge in [-0.05, 0) is 31.2 Å². The van der Waals surface area contributed by atoms with Crippen LogP contribution in [0.5, 0.6) is 0 Å². The summed E-state index contributed by atoms with van der Waals surface area (Å²) in [4.78, 5) is 7.56. The van der Waals surface area contributed by atoms with Gasteiger partial charge in [-0.25, -0.2) is 4.98 Å². The summed E-state index contributed by atoms with van der Waals surface area (Å²) in [7, 11) is 0. The van der Waals surface area contributed by atoms with Gasteiger partial charge in [-0.15, -0.1) is 0 Å².